The van der Waals surface area contributed by atoms with Crippen LogP contribution in [0, 0.1) is 13.8 Å². The zero-order valence-electron chi connectivity index (χ0n) is 17.2. The number of rotatable bonds is 5. The molecule has 1 fully saturated rings. The minimum Gasteiger partial charge on any atom is -0.374 e. The van der Waals surface area contributed by atoms with Crippen molar-refractivity contribution in [2.75, 3.05) is 13.1 Å². The van der Waals surface area contributed by atoms with Crippen LogP contribution >= 0.6 is 11.3 Å². The van der Waals surface area contributed by atoms with E-state index in [1.54, 1.807) is 12.1 Å². The summed E-state index contributed by atoms with van der Waals surface area (Å²) in [4.78, 5) is 30.1. The number of halogens is 3. The Morgan fingerprint density at radius 2 is 1.87 bits per heavy atom. The zero-order chi connectivity index (χ0) is 22.8. The summed E-state index contributed by atoms with van der Waals surface area (Å²) >= 11 is 0.679. The lowest BCUT2D eigenvalue weighted by Crippen LogP contribution is -2.50. The van der Waals surface area contributed by atoms with E-state index in [-0.39, 0.29) is 25.0 Å². The van der Waals surface area contributed by atoms with Crippen molar-refractivity contribution in [3.05, 3.63) is 51.5 Å². The van der Waals surface area contributed by atoms with Gasteiger partial charge in [-0.25, -0.2) is 4.98 Å². The molecule has 168 valence electrons. The smallest absolute Gasteiger partial charge is 0.374 e. The second-order valence-electron chi connectivity index (χ2n) is 7.77. The van der Waals surface area contributed by atoms with Gasteiger partial charge in [0.1, 0.15) is 5.01 Å². The molecule has 1 aliphatic rings. The first-order valence-electron chi connectivity index (χ1n) is 9.87. The molecule has 1 unspecified atom stereocenters. The molecule has 2 aromatic rings. The number of carbonyl (C=O) groups is 2. The molecule has 0 bridgehead atoms. The highest BCUT2D eigenvalue weighted by Crippen LogP contribution is 2.43. The topological polar surface area (TPSA) is 82.5 Å². The van der Waals surface area contributed by atoms with Gasteiger partial charge in [0.05, 0.1) is 6.42 Å². The van der Waals surface area contributed by atoms with Crippen molar-refractivity contribution in [2.24, 2.45) is 0 Å². The number of likely N-dealkylation sites (tertiary alicyclic amines) is 1. The molecule has 31 heavy (non-hydrogen) atoms. The van der Waals surface area contributed by atoms with Crippen LogP contribution in [-0.4, -0.2) is 52.1 Å². The maximum Gasteiger partial charge on any atom is 0.424 e. The predicted molar refractivity (Wildman–Crippen MR) is 110 cm³/mol. The molecular weight excluding hydrogens is 431 g/mol. The van der Waals surface area contributed by atoms with Gasteiger partial charge in [-0.05, 0) is 38.3 Å². The summed E-state index contributed by atoms with van der Waals surface area (Å²) in [6.45, 7) is 3.75. The van der Waals surface area contributed by atoms with Crippen molar-refractivity contribution in [2.45, 2.75) is 50.9 Å². The molecule has 0 spiro atoms. The largest absolute Gasteiger partial charge is 0.424 e. The number of benzene rings is 1. The molecule has 1 atom stereocenters. The summed E-state index contributed by atoms with van der Waals surface area (Å²) in [6, 6.07) is 6.99. The lowest BCUT2D eigenvalue weighted by molar-refractivity contribution is -0.268. The molecule has 0 aliphatic carbocycles. The van der Waals surface area contributed by atoms with E-state index in [4.69, 9.17) is 0 Å². The summed E-state index contributed by atoms with van der Waals surface area (Å²) in [5, 5.41) is 14.2. The molecule has 1 aliphatic heterocycles. The maximum absolute atomic E-state index is 13.6. The zero-order valence-corrected chi connectivity index (χ0v) is 18.0. The van der Waals surface area contributed by atoms with Crippen LogP contribution in [0.3, 0.4) is 0 Å². The van der Waals surface area contributed by atoms with E-state index in [9.17, 15) is 27.9 Å². The van der Waals surface area contributed by atoms with Crippen LogP contribution in [0.25, 0.3) is 0 Å². The number of nitrogens with zero attached hydrogens (tertiary/aromatic N) is 2. The Bertz CT molecular complexity index is 955. The Kier molecular flexibility index (Phi) is 6.70. The molecule has 6 nitrogen and oxygen atoms in total. The molecule has 3 rings (SSSR count). The predicted octanol–water partition coefficient (Wildman–Crippen LogP) is 3.32. The minimum absolute atomic E-state index is 0.181. The summed E-state index contributed by atoms with van der Waals surface area (Å²) in [6.07, 6.45) is -5.31. The van der Waals surface area contributed by atoms with Crippen molar-refractivity contribution >= 4 is 23.2 Å². The maximum atomic E-state index is 13.6. The first-order valence-corrected chi connectivity index (χ1v) is 10.7. The number of carbonyl (C=O) groups excluding carboxylic acids is 2. The number of thiazole rings is 1. The molecule has 1 saturated heterocycles. The van der Waals surface area contributed by atoms with Gasteiger partial charge in [-0.2, -0.15) is 13.2 Å². The first-order chi connectivity index (χ1) is 14.5. The minimum atomic E-state index is -5.03. The van der Waals surface area contributed by atoms with Gasteiger partial charge >= 0.3 is 6.18 Å². The number of amides is 2. The summed E-state index contributed by atoms with van der Waals surface area (Å²) in [5.74, 6) is -1.01. The van der Waals surface area contributed by atoms with Crippen molar-refractivity contribution in [1.29, 1.82) is 0 Å². The van der Waals surface area contributed by atoms with Crippen molar-refractivity contribution in [3.8, 4) is 0 Å². The Hall–Kier alpha value is -2.46. The monoisotopic (exact) mass is 455 g/mol. The van der Waals surface area contributed by atoms with E-state index < -0.39 is 29.1 Å². The molecule has 1 aromatic heterocycles. The Labute approximate surface area is 182 Å². The van der Waals surface area contributed by atoms with Crippen LogP contribution in [0.1, 0.15) is 45.9 Å². The average molecular weight is 456 g/mol. The second-order valence-corrected chi connectivity index (χ2v) is 8.63. The quantitative estimate of drug-likeness (QED) is 0.725. The van der Waals surface area contributed by atoms with Crippen molar-refractivity contribution in [1.82, 2.24) is 15.2 Å². The van der Waals surface area contributed by atoms with Crippen LogP contribution in [0.4, 0.5) is 13.2 Å². The van der Waals surface area contributed by atoms with Gasteiger partial charge in [-0.1, -0.05) is 18.2 Å². The van der Waals surface area contributed by atoms with E-state index in [0.717, 1.165) is 5.56 Å². The number of hydrogen-bond donors (Lipinski definition) is 2. The highest BCUT2D eigenvalue weighted by Gasteiger charge is 2.58. The summed E-state index contributed by atoms with van der Waals surface area (Å²) < 4.78 is 40.9. The van der Waals surface area contributed by atoms with Gasteiger partial charge in [0.15, 0.2) is 0 Å². The fraction of sp³-hybridized carbons (Fsp3) is 0.476. The standard InChI is InChI=1S/C21H24F3N3O3S/c1-13-5-3-4-6-16(13)18(29)26-15-7-9-27(10-8-15)17(28)11-20(30,21(22,23)24)19-25-14(2)12-31-19/h3-6,12,15,30H,7-11H2,1-2H3,(H,26,29). The van der Waals surface area contributed by atoms with Crippen LogP contribution in [0.2, 0.25) is 0 Å². The van der Waals surface area contributed by atoms with E-state index in [1.165, 1.54) is 17.2 Å². The average Bonchev–Trinajstić information content (AvgIpc) is 3.14. The molecule has 0 saturated carbocycles. The molecular formula is C21H24F3N3O3S. The number of aromatic nitrogens is 1. The van der Waals surface area contributed by atoms with E-state index in [0.29, 0.717) is 35.4 Å². The van der Waals surface area contributed by atoms with Crippen molar-refractivity contribution in [3.63, 3.8) is 0 Å². The molecule has 0 radical (unpaired) electrons. The highest BCUT2D eigenvalue weighted by atomic mass is 32.1. The van der Waals surface area contributed by atoms with Gasteiger partial charge in [0.25, 0.3) is 5.91 Å². The van der Waals surface area contributed by atoms with E-state index in [2.05, 4.69) is 10.3 Å². The third-order valence-electron chi connectivity index (χ3n) is 5.42. The third kappa shape index (κ3) is 5.07. The third-order valence-corrected chi connectivity index (χ3v) is 6.53. The number of alkyl halides is 3. The van der Waals surface area contributed by atoms with Gasteiger partial charge < -0.3 is 15.3 Å². The lowest BCUT2D eigenvalue weighted by atomic mass is 9.97. The molecule has 2 amide bonds. The number of nitrogens with one attached hydrogen (secondary N) is 1. The lowest BCUT2D eigenvalue weighted by Gasteiger charge is -2.35. The Morgan fingerprint density at radius 1 is 1.23 bits per heavy atom. The van der Waals surface area contributed by atoms with Gasteiger partial charge in [-0.15, -0.1) is 11.3 Å². The number of hydrogen-bond acceptors (Lipinski definition) is 5. The normalized spacial score (nSPS) is 17.3. The Morgan fingerprint density at radius 3 is 2.42 bits per heavy atom. The number of aryl methyl sites for hydroxylation is 2. The van der Waals surface area contributed by atoms with Crippen LogP contribution in [-0.2, 0) is 10.4 Å². The summed E-state index contributed by atoms with van der Waals surface area (Å²) in [5.41, 5.74) is -1.56. The second kappa shape index (κ2) is 8.96. The fourth-order valence-corrected chi connectivity index (χ4v) is 4.45. The SMILES string of the molecule is Cc1csc(C(O)(CC(=O)N2CCC(NC(=O)c3ccccc3C)CC2)C(F)(F)F)n1. The molecule has 1 aromatic carbocycles. The summed E-state index contributed by atoms with van der Waals surface area (Å²) in [7, 11) is 0. The van der Waals surface area contributed by atoms with Crippen molar-refractivity contribution < 1.29 is 27.9 Å². The number of aliphatic hydroxyl groups is 1. The van der Waals surface area contributed by atoms with Crippen LogP contribution < -0.4 is 5.32 Å². The highest BCUT2D eigenvalue weighted by molar-refractivity contribution is 7.09. The molecule has 2 heterocycles. The van der Waals surface area contributed by atoms with Gasteiger partial charge in [-0.3, -0.25) is 9.59 Å². The molecule has 10 heteroatoms. The Balaban J connectivity index is 1.60. The van der Waals surface area contributed by atoms with Gasteiger partial charge in [0.2, 0.25) is 11.5 Å². The molecule has 2 N–H and O–H groups in total. The number of piperidine rings is 1. The van der Waals surface area contributed by atoms with Crippen LogP contribution in [0.5, 0.6) is 0 Å². The van der Waals surface area contributed by atoms with Gasteiger partial charge in [0, 0.05) is 35.8 Å². The fourth-order valence-electron chi connectivity index (χ4n) is 3.54. The van der Waals surface area contributed by atoms with Crippen LogP contribution in [0.15, 0.2) is 29.6 Å². The van der Waals surface area contributed by atoms with E-state index >= 15 is 0 Å². The first kappa shape index (κ1) is 23.2. The van der Waals surface area contributed by atoms with E-state index in [1.807, 2.05) is 19.1 Å².